The lowest BCUT2D eigenvalue weighted by molar-refractivity contribution is 0.0435. The Labute approximate surface area is 136 Å². The van der Waals surface area contributed by atoms with Crippen LogP contribution in [-0.2, 0) is 4.74 Å². The van der Waals surface area contributed by atoms with Gasteiger partial charge in [0.15, 0.2) is 11.5 Å². The second-order valence-electron chi connectivity index (χ2n) is 4.71. The van der Waals surface area contributed by atoms with E-state index in [0.29, 0.717) is 17.1 Å². The predicted molar refractivity (Wildman–Crippen MR) is 85.5 cm³/mol. The van der Waals surface area contributed by atoms with Gasteiger partial charge in [0.05, 0.1) is 14.2 Å². The Morgan fingerprint density at radius 2 is 2.00 bits per heavy atom. The molecule has 0 saturated carbocycles. The molecule has 1 atom stereocenters. The van der Waals surface area contributed by atoms with Crippen LogP contribution in [0.1, 0.15) is 22.1 Å². The van der Waals surface area contributed by atoms with E-state index in [1.54, 1.807) is 12.1 Å². The normalized spacial score (nSPS) is 16.0. The number of benzene rings is 2. The summed E-state index contributed by atoms with van der Waals surface area (Å²) in [5, 5.41) is 3.19. The van der Waals surface area contributed by atoms with E-state index in [9.17, 15) is 4.79 Å². The zero-order chi connectivity index (χ0) is 15.7. The minimum Gasteiger partial charge on any atom is -0.493 e. The molecule has 2 aromatic rings. The van der Waals surface area contributed by atoms with Crippen molar-refractivity contribution in [2.75, 3.05) is 19.5 Å². The van der Waals surface area contributed by atoms with Crippen LogP contribution in [0, 0.1) is 0 Å². The molecule has 22 heavy (non-hydrogen) atoms. The first-order chi connectivity index (χ1) is 10.6. The molecule has 0 aliphatic carbocycles. The fraction of sp³-hybridized carbons (Fsp3) is 0.188. The van der Waals surface area contributed by atoms with Crippen molar-refractivity contribution in [3.8, 4) is 11.5 Å². The molecule has 2 aromatic carbocycles. The van der Waals surface area contributed by atoms with E-state index < -0.39 is 12.2 Å². The van der Waals surface area contributed by atoms with Gasteiger partial charge in [0.2, 0.25) is 6.23 Å². The van der Waals surface area contributed by atoms with Crippen molar-refractivity contribution in [1.82, 2.24) is 0 Å². The quantitative estimate of drug-likeness (QED) is 0.838. The van der Waals surface area contributed by atoms with Crippen LogP contribution in [0.25, 0.3) is 0 Å². The molecule has 0 aromatic heterocycles. The summed E-state index contributed by atoms with van der Waals surface area (Å²) in [5.41, 5.74) is 1.96. The standard InChI is InChI=1S/C16H14BrNO4/c1-20-12-7-6-11-13(14(12)21-2)16(19)22-15(11)18-10-5-3-4-9(17)8-10/h3-8,15,18H,1-2H3/t15-/m0/s1. The van der Waals surface area contributed by atoms with Gasteiger partial charge >= 0.3 is 5.97 Å². The van der Waals surface area contributed by atoms with E-state index in [1.165, 1.54) is 14.2 Å². The summed E-state index contributed by atoms with van der Waals surface area (Å²) in [6.07, 6.45) is -0.559. The number of ether oxygens (including phenoxy) is 3. The van der Waals surface area contributed by atoms with Gasteiger partial charge in [-0.25, -0.2) is 4.79 Å². The highest BCUT2D eigenvalue weighted by molar-refractivity contribution is 9.10. The summed E-state index contributed by atoms with van der Waals surface area (Å²) < 4.78 is 16.9. The van der Waals surface area contributed by atoms with Gasteiger partial charge in [-0.2, -0.15) is 0 Å². The highest BCUT2D eigenvalue weighted by atomic mass is 79.9. The number of cyclic esters (lactones) is 1. The largest absolute Gasteiger partial charge is 0.493 e. The van der Waals surface area contributed by atoms with Gasteiger partial charge in [0, 0.05) is 15.7 Å². The zero-order valence-electron chi connectivity index (χ0n) is 12.1. The molecule has 1 aliphatic rings. The van der Waals surface area contributed by atoms with Crippen LogP contribution in [0.2, 0.25) is 0 Å². The molecule has 5 nitrogen and oxygen atoms in total. The molecule has 0 radical (unpaired) electrons. The zero-order valence-corrected chi connectivity index (χ0v) is 13.6. The molecule has 6 heteroatoms. The Bertz CT molecular complexity index is 732. The highest BCUT2D eigenvalue weighted by Gasteiger charge is 2.35. The maximum atomic E-state index is 12.2. The van der Waals surface area contributed by atoms with Crippen molar-refractivity contribution < 1.29 is 19.0 Å². The lowest BCUT2D eigenvalue weighted by atomic mass is 10.1. The molecule has 0 amide bonds. The van der Waals surface area contributed by atoms with E-state index in [4.69, 9.17) is 14.2 Å². The number of anilines is 1. The number of hydrogen-bond acceptors (Lipinski definition) is 5. The third-order valence-electron chi connectivity index (χ3n) is 3.41. The first-order valence-corrected chi connectivity index (χ1v) is 7.41. The maximum absolute atomic E-state index is 12.2. The topological polar surface area (TPSA) is 56.8 Å². The van der Waals surface area contributed by atoms with Gasteiger partial charge in [-0.05, 0) is 30.3 Å². The highest BCUT2D eigenvalue weighted by Crippen LogP contribution is 2.42. The number of rotatable bonds is 4. The predicted octanol–water partition coefficient (Wildman–Crippen LogP) is 3.75. The molecule has 0 fully saturated rings. The van der Waals surface area contributed by atoms with Crippen molar-refractivity contribution in [1.29, 1.82) is 0 Å². The minimum absolute atomic E-state index is 0.392. The summed E-state index contributed by atoms with van der Waals surface area (Å²) in [7, 11) is 3.03. The van der Waals surface area contributed by atoms with Crippen molar-refractivity contribution in [3.05, 3.63) is 52.0 Å². The van der Waals surface area contributed by atoms with Crippen LogP contribution in [0.3, 0.4) is 0 Å². The molecule has 3 rings (SSSR count). The smallest absolute Gasteiger partial charge is 0.344 e. The molecule has 0 unspecified atom stereocenters. The first kappa shape index (κ1) is 14.7. The monoisotopic (exact) mass is 363 g/mol. The molecule has 114 valence electrons. The van der Waals surface area contributed by atoms with Crippen LogP contribution in [0.4, 0.5) is 5.69 Å². The number of hydrogen-bond donors (Lipinski definition) is 1. The summed E-state index contributed by atoms with van der Waals surface area (Å²) in [5.74, 6) is 0.461. The van der Waals surface area contributed by atoms with Gasteiger partial charge in [0.1, 0.15) is 5.56 Å². The van der Waals surface area contributed by atoms with Crippen molar-refractivity contribution in [2.24, 2.45) is 0 Å². The Kier molecular flexibility index (Phi) is 3.94. The van der Waals surface area contributed by atoms with Gasteiger partial charge in [0.25, 0.3) is 0 Å². The molecule has 1 aliphatic heterocycles. The Morgan fingerprint density at radius 1 is 1.18 bits per heavy atom. The second kappa shape index (κ2) is 5.88. The number of fused-ring (bicyclic) bond motifs is 1. The lowest BCUT2D eigenvalue weighted by Crippen LogP contribution is -2.10. The molecular weight excluding hydrogens is 350 g/mol. The molecule has 1 N–H and O–H groups in total. The Hall–Kier alpha value is -2.21. The number of nitrogens with one attached hydrogen (secondary N) is 1. The van der Waals surface area contributed by atoms with Gasteiger partial charge in [-0.15, -0.1) is 0 Å². The van der Waals surface area contributed by atoms with Gasteiger partial charge in [-0.1, -0.05) is 22.0 Å². The molecule has 0 saturated heterocycles. The Morgan fingerprint density at radius 3 is 2.68 bits per heavy atom. The van der Waals surface area contributed by atoms with Crippen LogP contribution < -0.4 is 14.8 Å². The van der Waals surface area contributed by atoms with Crippen molar-refractivity contribution in [3.63, 3.8) is 0 Å². The van der Waals surface area contributed by atoms with E-state index in [1.807, 2.05) is 24.3 Å². The fourth-order valence-electron chi connectivity index (χ4n) is 2.44. The van der Waals surface area contributed by atoms with Crippen molar-refractivity contribution in [2.45, 2.75) is 6.23 Å². The molecule has 0 spiro atoms. The molecular formula is C16H14BrNO4. The Balaban J connectivity index is 1.98. The van der Waals surface area contributed by atoms with Crippen molar-refractivity contribution >= 4 is 27.6 Å². The third kappa shape index (κ3) is 2.50. The summed E-state index contributed by atoms with van der Waals surface area (Å²) in [4.78, 5) is 12.2. The number of carbonyl (C=O) groups is 1. The van der Waals surface area contributed by atoms with E-state index >= 15 is 0 Å². The van der Waals surface area contributed by atoms with E-state index in [2.05, 4.69) is 21.2 Å². The molecule has 1 heterocycles. The maximum Gasteiger partial charge on any atom is 0.344 e. The van der Waals surface area contributed by atoms with Crippen LogP contribution in [0.5, 0.6) is 11.5 Å². The third-order valence-corrected chi connectivity index (χ3v) is 3.90. The summed E-state index contributed by atoms with van der Waals surface area (Å²) >= 11 is 3.41. The number of esters is 1. The van der Waals surface area contributed by atoms with Crippen LogP contribution in [0.15, 0.2) is 40.9 Å². The molecule has 0 bridgehead atoms. The second-order valence-corrected chi connectivity index (χ2v) is 5.62. The number of carbonyl (C=O) groups excluding carboxylic acids is 1. The van der Waals surface area contributed by atoms with Gasteiger partial charge < -0.3 is 19.5 Å². The van der Waals surface area contributed by atoms with Crippen LogP contribution in [-0.4, -0.2) is 20.2 Å². The summed E-state index contributed by atoms with van der Waals surface area (Å²) in [6, 6.07) is 11.2. The summed E-state index contributed by atoms with van der Waals surface area (Å²) in [6.45, 7) is 0. The first-order valence-electron chi connectivity index (χ1n) is 6.62. The van der Waals surface area contributed by atoms with Crippen LogP contribution >= 0.6 is 15.9 Å². The van der Waals surface area contributed by atoms with Gasteiger partial charge in [-0.3, -0.25) is 0 Å². The van der Waals surface area contributed by atoms with E-state index in [-0.39, 0.29) is 0 Å². The number of halogens is 1. The fourth-order valence-corrected chi connectivity index (χ4v) is 2.84. The minimum atomic E-state index is -0.559. The lowest BCUT2D eigenvalue weighted by Gasteiger charge is -2.15. The SMILES string of the molecule is COc1ccc2c(c1OC)C(=O)O[C@@H]2Nc1cccc(Br)c1. The average molecular weight is 364 g/mol. The number of methoxy groups -OCH3 is 2. The average Bonchev–Trinajstić information content (AvgIpc) is 2.82. The van der Waals surface area contributed by atoms with E-state index in [0.717, 1.165) is 15.7 Å².